The van der Waals surface area contributed by atoms with Crippen LogP contribution in [0, 0.1) is 6.92 Å². The fourth-order valence-corrected chi connectivity index (χ4v) is 4.75. The van der Waals surface area contributed by atoms with Crippen molar-refractivity contribution in [1.29, 1.82) is 0 Å². The Bertz CT molecular complexity index is 1470. The monoisotopic (exact) mass is 523 g/mol. The van der Waals surface area contributed by atoms with Gasteiger partial charge in [0, 0.05) is 16.9 Å². The van der Waals surface area contributed by atoms with Gasteiger partial charge in [-0.25, -0.2) is 13.6 Å². The molecule has 0 spiro atoms. The van der Waals surface area contributed by atoms with Gasteiger partial charge in [0.25, 0.3) is 0 Å². The van der Waals surface area contributed by atoms with E-state index >= 15 is 0 Å². The molecular formula is C25H25N5O4S2. The van der Waals surface area contributed by atoms with Gasteiger partial charge in [-0.1, -0.05) is 35.5 Å². The number of carbonyl (C=O) groups excluding carboxylic acids is 1. The molecular weight excluding hydrogens is 498 g/mol. The van der Waals surface area contributed by atoms with Crippen LogP contribution in [0.3, 0.4) is 0 Å². The average molecular weight is 524 g/mol. The van der Waals surface area contributed by atoms with Crippen LogP contribution in [0.4, 0.5) is 5.69 Å². The zero-order chi connectivity index (χ0) is 25.7. The van der Waals surface area contributed by atoms with Gasteiger partial charge in [0.1, 0.15) is 5.75 Å². The molecule has 0 radical (unpaired) electrons. The van der Waals surface area contributed by atoms with E-state index in [9.17, 15) is 13.2 Å². The summed E-state index contributed by atoms with van der Waals surface area (Å²) in [4.78, 5) is 12.6. The number of nitrogens with two attached hydrogens (primary N) is 1. The number of aromatic nitrogens is 3. The molecule has 0 unspecified atom stereocenters. The maximum atomic E-state index is 12.6. The topological polar surface area (TPSA) is 129 Å². The smallest absolute Gasteiger partial charge is 0.238 e. The molecule has 3 N–H and O–H groups in total. The molecule has 0 saturated carbocycles. The van der Waals surface area contributed by atoms with Gasteiger partial charge in [0.15, 0.2) is 11.0 Å². The predicted octanol–water partition coefficient (Wildman–Crippen LogP) is 4.02. The Morgan fingerprint density at radius 2 is 1.78 bits per heavy atom. The second-order valence-electron chi connectivity index (χ2n) is 7.84. The number of sulfonamides is 1. The first-order valence-electron chi connectivity index (χ1n) is 11.1. The van der Waals surface area contributed by atoms with Gasteiger partial charge in [-0.15, -0.1) is 10.2 Å². The molecule has 0 aliphatic heterocycles. The second kappa shape index (κ2) is 10.9. The molecule has 1 heterocycles. The van der Waals surface area contributed by atoms with Crippen molar-refractivity contribution in [3.8, 4) is 22.8 Å². The van der Waals surface area contributed by atoms with E-state index in [2.05, 4.69) is 15.5 Å². The van der Waals surface area contributed by atoms with Crippen LogP contribution in [0.5, 0.6) is 5.75 Å². The molecule has 4 rings (SSSR count). The van der Waals surface area contributed by atoms with E-state index in [4.69, 9.17) is 9.88 Å². The fraction of sp³-hybridized carbons (Fsp3) is 0.160. The van der Waals surface area contributed by atoms with Crippen LogP contribution < -0.4 is 15.2 Å². The molecule has 3 aromatic carbocycles. The van der Waals surface area contributed by atoms with Crippen LogP contribution in [0.25, 0.3) is 17.1 Å². The summed E-state index contributed by atoms with van der Waals surface area (Å²) < 4.78 is 30.3. The number of anilines is 1. The van der Waals surface area contributed by atoms with E-state index < -0.39 is 10.0 Å². The molecule has 0 aliphatic rings. The number of thioether (sulfide) groups is 1. The van der Waals surface area contributed by atoms with Crippen LogP contribution in [-0.4, -0.2) is 41.4 Å². The van der Waals surface area contributed by atoms with Crippen LogP contribution in [0.15, 0.2) is 82.8 Å². The van der Waals surface area contributed by atoms with Gasteiger partial charge in [-0.05, 0) is 68.4 Å². The summed E-state index contributed by atoms with van der Waals surface area (Å²) in [5.41, 5.74) is 3.29. The van der Waals surface area contributed by atoms with Crippen LogP contribution in [0.2, 0.25) is 0 Å². The Balaban J connectivity index is 1.56. The summed E-state index contributed by atoms with van der Waals surface area (Å²) in [6.07, 6.45) is 0. The normalized spacial score (nSPS) is 11.3. The van der Waals surface area contributed by atoms with Crippen LogP contribution in [0.1, 0.15) is 12.5 Å². The van der Waals surface area contributed by atoms with Gasteiger partial charge in [-0.2, -0.15) is 0 Å². The van der Waals surface area contributed by atoms with Gasteiger partial charge < -0.3 is 10.1 Å². The second-order valence-corrected chi connectivity index (χ2v) is 10.3. The molecule has 1 amide bonds. The Morgan fingerprint density at radius 3 is 2.42 bits per heavy atom. The molecule has 0 saturated heterocycles. The molecule has 4 aromatic rings. The Hall–Kier alpha value is -3.67. The summed E-state index contributed by atoms with van der Waals surface area (Å²) in [6, 6.07) is 21.2. The molecule has 186 valence electrons. The number of rotatable bonds is 9. The van der Waals surface area contributed by atoms with Crippen molar-refractivity contribution in [2.24, 2.45) is 5.14 Å². The van der Waals surface area contributed by atoms with Crippen molar-refractivity contribution in [2.75, 3.05) is 17.7 Å². The molecule has 0 atom stereocenters. The highest BCUT2D eigenvalue weighted by atomic mass is 32.2. The number of hydrogen-bond acceptors (Lipinski definition) is 7. The van der Waals surface area contributed by atoms with Gasteiger partial charge in [0.2, 0.25) is 15.9 Å². The third-order valence-electron chi connectivity index (χ3n) is 5.11. The SMILES string of the molecule is CCOc1ccc(-n2c(SCC(=O)Nc3ccc(S(N)(=O)=O)cc3)nnc2-c2cccc(C)c2)cc1. The minimum atomic E-state index is -3.80. The van der Waals surface area contributed by atoms with Crippen LogP contribution in [-0.2, 0) is 14.8 Å². The highest BCUT2D eigenvalue weighted by Crippen LogP contribution is 2.29. The number of ether oxygens (including phenoxy) is 1. The fourth-order valence-electron chi connectivity index (χ4n) is 3.48. The highest BCUT2D eigenvalue weighted by Gasteiger charge is 2.18. The lowest BCUT2D eigenvalue weighted by Gasteiger charge is -2.12. The Labute approximate surface area is 213 Å². The zero-order valence-electron chi connectivity index (χ0n) is 19.7. The molecule has 1 aromatic heterocycles. The molecule has 0 aliphatic carbocycles. The van der Waals surface area contributed by atoms with Crippen LogP contribution >= 0.6 is 11.8 Å². The third kappa shape index (κ3) is 6.11. The molecule has 0 fully saturated rings. The van der Waals surface area contributed by atoms with E-state index in [0.29, 0.717) is 23.3 Å². The quantitative estimate of drug-likeness (QED) is 0.317. The summed E-state index contributed by atoms with van der Waals surface area (Å²) >= 11 is 1.24. The van der Waals surface area contributed by atoms with Crippen molar-refractivity contribution < 1.29 is 17.9 Å². The highest BCUT2D eigenvalue weighted by molar-refractivity contribution is 7.99. The summed E-state index contributed by atoms with van der Waals surface area (Å²) in [6.45, 7) is 4.51. The number of hydrogen-bond donors (Lipinski definition) is 2. The number of aryl methyl sites for hydroxylation is 1. The third-order valence-corrected chi connectivity index (χ3v) is 6.97. The predicted molar refractivity (Wildman–Crippen MR) is 140 cm³/mol. The standard InChI is InChI=1S/C25H25N5O4S2/c1-3-34-21-11-9-20(10-12-21)30-24(18-6-4-5-17(2)15-18)28-29-25(30)35-16-23(31)27-19-7-13-22(14-8-19)36(26,32)33/h4-15H,3,16H2,1-2H3,(H,27,31)(H2,26,32,33). The maximum absolute atomic E-state index is 12.6. The van der Waals surface area contributed by atoms with Gasteiger partial charge >= 0.3 is 0 Å². The Kier molecular flexibility index (Phi) is 7.73. The first-order valence-corrected chi connectivity index (χ1v) is 13.6. The average Bonchev–Trinajstić information content (AvgIpc) is 3.27. The lowest BCUT2D eigenvalue weighted by atomic mass is 10.1. The number of benzene rings is 3. The van der Waals surface area contributed by atoms with Gasteiger partial charge in [0.05, 0.1) is 17.3 Å². The first-order chi connectivity index (χ1) is 17.2. The van der Waals surface area contributed by atoms with E-state index in [-0.39, 0.29) is 16.6 Å². The molecule has 36 heavy (non-hydrogen) atoms. The van der Waals surface area contributed by atoms with Crippen molar-refractivity contribution in [1.82, 2.24) is 14.8 Å². The van der Waals surface area contributed by atoms with Crippen molar-refractivity contribution >= 4 is 33.4 Å². The lowest BCUT2D eigenvalue weighted by molar-refractivity contribution is -0.113. The minimum absolute atomic E-state index is 0.0259. The number of nitrogens with one attached hydrogen (secondary N) is 1. The minimum Gasteiger partial charge on any atom is -0.494 e. The Morgan fingerprint density at radius 1 is 1.06 bits per heavy atom. The lowest BCUT2D eigenvalue weighted by Crippen LogP contribution is -2.15. The van der Waals surface area contributed by atoms with Crippen molar-refractivity contribution in [3.05, 3.63) is 78.4 Å². The maximum Gasteiger partial charge on any atom is 0.238 e. The summed E-state index contributed by atoms with van der Waals surface area (Å²) in [5, 5.41) is 17.2. The molecule has 0 bridgehead atoms. The summed E-state index contributed by atoms with van der Waals surface area (Å²) in [7, 11) is -3.80. The number of primary sulfonamides is 1. The van der Waals surface area contributed by atoms with E-state index in [0.717, 1.165) is 22.6 Å². The van der Waals surface area contributed by atoms with Crippen molar-refractivity contribution in [3.63, 3.8) is 0 Å². The largest absolute Gasteiger partial charge is 0.494 e. The summed E-state index contributed by atoms with van der Waals surface area (Å²) in [5.74, 6) is 1.21. The molecule has 11 heteroatoms. The zero-order valence-corrected chi connectivity index (χ0v) is 21.3. The number of carbonyl (C=O) groups is 1. The van der Waals surface area contributed by atoms with Crippen molar-refractivity contribution in [2.45, 2.75) is 23.9 Å². The first kappa shape index (κ1) is 25.4. The molecule has 9 nitrogen and oxygen atoms in total. The van der Waals surface area contributed by atoms with E-state index in [1.807, 2.05) is 66.9 Å². The number of nitrogens with zero attached hydrogens (tertiary/aromatic N) is 3. The van der Waals surface area contributed by atoms with E-state index in [1.54, 1.807) is 0 Å². The number of amides is 1. The van der Waals surface area contributed by atoms with E-state index in [1.165, 1.54) is 36.0 Å². The van der Waals surface area contributed by atoms with Gasteiger partial charge in [-0.3, -0.25) is 9.36 Å².